The summed E-state index contributed by atoms with van der Waals surface area (Å²) >= 11 is 0. The maximum atomic E-state index is 12.5. The molecule has 24 heavy (non-hydrogen) atoms. The molecule has 7 nitrogen and oxygen atoms in total. The fraction of sp³-hybridized carbons (Fsp3) is 0.188. The van der Waals surface area contributed by atoms with E-state index in [2.05, 4.69) is 9.82 Å². The molecule has 3 aromatic rings. The Kier molecular flexibility index (Phi) is 3.62. The van der Waals surface area contributed by atoms with Crippen molar-refractivity contribution in [3.8, 4) is 11.5 Å². The van der Waals surface area contributed by atoms with Gasteiger partial charge in [-0.1, -0.05) is 6.07 Å². The van der Waals surface area contributed by atoms with Crippen LogP contribution in [-0.2, 0) is 16.6 Å². The molecule has 0 fully saturated rings. The van der Waals surface area contributed by atoms with E-state index in [0.717, 1.165) is 5.52 Å². The molecule has 0 radical (unpaired) electrons. The first-order valence-corrected chi connectivity index (χ1v) is 8.93. The van der Waals surface area contributed by atoms with Gasteiger partial charge in [0.05, 0.1) is 22.7 Å². The Bertz CT molecular complexity index is 964. The SMILES string of the molecule is O=S(=O)(NCc1cc2ccccn2n1)c1ccc2c(c1)OCCO2. The lowest BCUT2D eigenvalue weighted by molar-refractivity contribution is 0.171. The van der Waals surface area contributed by atoms with Gasteiger partial charge in [-0.2, -0.15) is 5.10 Å². The average Bonchev–Trinajstić information content (AvgIpc) is 3.03. The van der Waals surface area contributed by atoms with Crippen LogP contribution in [0.25, 0.3) is 5.52 Å². The minimum absolute atomic E-state index is 0.110. The highest BCUT2D eigenvalue weighted by Gasteiger charge is 2.19. The molecule has 0 aliphatic carbocycles. The van der Waals surface area contributed by atoms with Crippen LogP contribution in [0.2, 0.25) is 0 Å². The van der Waals surface area contributed by atoms with E-state index in [-0.39, 0.29) is 11.4 Å². The molecule has 4 rings (SSSR count). The number of benzene rings is 1. The number of ether oxygens (including phenoxy) is 2. The molecule has 1 aromatic carbocycles. The third-order valence-corrected chi connectivity index (χ3v) is 5.09. The normalized spacial score (nSPS) is 14.0. The summed E-state index contributed by atoms with van der Waals surface area (Å²) in [5, 5.41) is 4.32. The van der Waals surface area contributed by atoms with Gasteiger partial charge in [-0.05, 0) is 30.3 Å². The fourth-order valence-electron chi connectivity index (χ4n) is 2.52. The van der Waals surface area contributed by atoms with E-state index in [1.807, 2.05) is 30.5 Å². The van der Waals surface area contributed by atoms with Crippen LogP contribution < -0.4 is 14.2 Å². The minimum Gasteiger partial charge on any atom is -0.486 e. The zero-order chi connectivity index (χ0) is 16.6. The van der Waals surface area contributed by atoms with Crippen molar-refractivity contribution in [3.05, 3.63) is 54.4 Å². The first kappa shape index (κ1) is 15.0. The number of rotatable bonds is 4. The highest BCUT2D eigenvalue weighted by molar-refractivity contribution is 7.89. The van der Waals surface area contributed by atoms with E-state index in [1.54, 1.807) is 10.6 Å². The first-order valence-electron chi connectivity index (χ1n) is 7.44. The number of nitrogens with one attached hydrogen (secondary N) is 1. The molecule has 1 aliphatic heterocycles. The average molecular weight is 345 g/mol. The smallest absolute Gasteiger partial charge is 0.241 e. The summed E-state index contributed by atoms with van der Waals surface area (Å²) in [6.45, 7) is 0.981. The van der Waals surface area contributed by atoms with Crippen molar-refractivity contribution in [2.75, 3.05) is 13.2 Å². The lowest BCUT2D eigenvalue weighted by atomic mass is 10.3. The molecule has 0 saturated heterocycles. The number of pyridine rings is 1. The first-order chi connectivity index (χ1) is 11.6. The van der Waals surface area contributed by atoms with E-state index < -0.39 is 10.0 Å². The van der Waals surface area contributed by atoms with Crippen LogP contribution in [0.3, 0.4) is 0 Å². The van der Waals surface area contributed by atoms with Crippen molar-refractivity contribution in [1.82, 2.24) is 14.3 Å². The molecule has 2 aromatic heterocycles. The van der Waals surface area contributed by atoms with E-state index in [1.165, 1.54) is 12.1 Å². The zero-order valence-electron chi connectivity index (χ0n) is 12.7. The summed E-state index contributed by atoms with van der Waals surface area (Å²) in [4.78, 5) is 0.135. The number of nitrogens with zero attached hydrogens (tertiary/aromatic N) is 2. The second kappa shape index (κ2) is 5.81. The third-order valence-electron chi connectivity index (χ3n) is 3.69. The van der Waals surface area contributed by atoms with E-state index in [4.69, 9.17) is 9.47 Å². The van der Waals surface area contributed by atoms with Crippen molar-refractivity contribution in [1.29, 1.82) is 0 Å². The van der Waals surface area contributed by atoms with Crippen LogP contribution in [0.4, 0.5) is 0 Å². The fourth-order valence-corrected chi connectivity index (χ4v) is 3.53. The summed E-state index contributed by atoms with van der Waals surface area (Å²) in [5.41, 5.74) is 1.55. The van der Waals surface area contributed by atoms with Crippen LogP contribution in [0.1, 0.15) is 5.69 Å². The summed E-state index contributed by atoms with van der Waals surface area (Å²) in [6.07, 6.45) is 1.81. The number of hydrogen-bond donors (Lipinski definition) is 1. The standard InChI is InChI=1S/C16H15N3O4S/c20-24(21,14-4-5-15-16(10-14)23-8-7-22-15)17-11-12-9-13-3-1-2-6-19(13)18-12/h1-6,9-10,17H,7-8,11H2. The van der Waals surface area contributed by atoms with Gasteiger partial charge in [0, 0.05) is 12.3 Å². The van der Waals surface area contributed by atoms with Gasteiger partial charge in [0.1, 0.15) is 13.2 Å². The van der Waals surface area contributed by atoms with Gasteiger partial charge in [0.2, 0.25) is 10.0 Å². The minimum atomic E-state index is -3.66. The molecule has 0 unspecified atom stereocenters. The van der Waals surface area contributed by atoms with Crippen molar-refractivity contribution < 1.29 is 17.9 Å². The van der Waals surface area contributed by atoms with Crippen LogP contribution >= 0.6 is 0 Å². The van der Waals surface area contributed by atoms with Gasteiger partial charge in [-0.3, -0.25) is 0 Å². The molecule has 124 valence electrons. The van der Waals surface area contributed by atoms with Gasteiger partial charge < -0.3 is 9.47 Å². The second-order valence-corrected chi connectivity index (χ2v) is 7.10. The van der Waals surface area contributed by atoms with Crippen molar-refractivity contribution in [2.45, 2.75) is 11.4 Å². The predicted molar refractivity (Wildman–Crippen MR) is 86.6 cm³/mol. The molecule has 8 heteroatoms. The quantitative estimate of drug-likeness (QED) is 0.776. The van der Waals surface area contributed by atoms with E-state index >= 15 is 0 Å². The van der Waals surface area contributed by atoms with Gasteiger partial charge in [-0.15, -0.1) is 0 Å². The molecule has 0 spiro atoms. The number of fused-ring (bicyclic) bond motifs is 2. The maximum absolute atomic E-state index is 12.5. The van der Waals surface area contributed by atoms with E-state index in [9.17, 15) is 8.42 Å². The highest BCUT2D eigenvalue weighted by atomic mass is 32.2. The molecule has 0 bridgehead atoms. The van der Waals surface area contributed by atoms with E-state index in [0.29, 0.717) is 30.4 Å². The Labute approximate surface area is 138 Å². The Morgan fingerprint density at radius 2 is 1.92 bits per heavy atom. The van der Waals surface area contributed by atoms with Crippen molar-refractivity contribution >= 4 is 15.5 Å². The van der Waals surface area contributed by atoms with Crippen LogP contribution in [0, 0.1) is 0 Å². The van der Waals surface area contributed by atoms with Crippen LogP contribution in [0.15, 0.2) is 53.6 Å². The van der Waals surface area contributed by atoms with Gasteiger partial charge >= 0.3 is 0 Å². The topological polar surface area (TPSA) is 81.9 Å². The van der Waals surface area contributed by atoms with Crippen molar-refractivity contribution in [2.24, 2.45) is 0 Å². The second-order valence-electron chi connectivity index (χ2n) is 5.34. The predicted octanol–water partition coefficient (Wildman–Crippen LogP) is 1.58. The van der Waals surface area contributed by atoms with Crippen molar-refractivity contribution in [3.63, 3.8) is 0 Å². The Hall–Kier alpha value is -2.58. The van der Waals surface area contributed by atoms with Crippen LogP contribution in [-0.4, -0.2) is 31.2 Å². The number of aromatic nitrogens is 2. The Morgan fingerprint density at radius 3 is 2.75 bits per heavy atom. The monoisotopic (exact) mass is 345 g/mol. The maximum Gasteiger partial charge on any atom is 0.241 e. The number of sulfonamides is 1. The van der Waals surface area contributed by atoms with Gasteiger partial charge in [0.15, 0.2) is 11.5 Å². The lowest BCUT2D eigenvalue weighted by Crippen LogP contribution is -2.24. The lowest BCUT2D eigenvalue weighted by Gasteiger charge is -2.18. The molecule has 0 amide bonds. The molecule has 1 N–H and O–H groups in total. The highest BCUT2D eigenvalue weighted by Crippen LogP contribution is 2.32. The van der Waals surface area contributed by atoms with Crippen LogP contribution in [0.5, 0.6) is 11.5 Å². The zero-order valence-corrected chi connectivity index (χ0v) is 13.5. The molecular formula is C16H15N3O4S. The summed E-state index contributed by atoms with van der Waals surface area (Å²) < 4.78 is 40.0. The molecule has 0 saturated carbocycles. The summed E-state index contributed by atoms with van der Waals surface area (Å²) in [6, 6.07) is 12.1. The summed E-state index contributed by atoms with van der Waals surface area (Å²) in [7, 11) is -3.66. The molecule has 1 aliphatic rings. The molecular weight excluding hydrogens is 330 g/mol. The molecule has 3 heterocycles. The molecule has 0 atom stereocenters. The largest absolute Gasteiger partial charge is 0.486 e. The Morgan fingerprint density at radius 1 is 1.08 bits per heavy atom. The Balaban J connectivity index is 1.54. The van der Waals surface area contributed by atoms with Gasteiger partial charge in [-0.25, -0.2) is 17.7 Å². The number of hydrogen-bond acceptors (Lipinski definition) is 5. The summed E-state index contributed by atoms with van der Waals surface area (Å²) in [5.74, 6) is 0.998. The van der Waals surface area contributed by atoms with Gasteiger partial charge in [0.25, 0.3) is 0 Å². The third kappa shape index (κ3) is 2.81.